The minimum absolute atomic E-state index is 0.135. The predicted octanol–water partition coefficient (Wildman–Crippen LogP) is 2.43. The highest BCUT2D eigenvalue weighted by Crippen LogP contribution is 2.52. The Morgan fingerprint density at radius 3 is 2.33 bits per heavy atom. The van der Waals surface area contributed by atoms with Gasteiger partial charge in [0.15, 0.2) is 0 Å². The van der Waals surface area contributed by atoms with Gasteiger partial charge in [0.1, 0.15) is 0 Å². The van der Waals surface area contributed by atoms with Crippen LogP contribution in [0.5, 0.6) is 0 Å². The smallest absolute Gasteiger partial charge is 0.254 e. The summed E-state index contributed by atoms with van der Waals surface area (Å²) in [5.74, 6) is -0.172. The predicted molar refractivity (Wildman–Crippen MR) is 86.3 cm³/mol. The van der Waals surface area contributed by atoms with Gasteiger partial charge in [-0.15, -0.1) is 0 Å². The minimum Gasteiger partial charge on any atom is -0.272 e. The zero-order valence-electron chi connectivity index (χ0n) is 11.1. The SMILES string of the molecule is O=C1[C@H]2[C@H](C(=O)N1/N=C\c1ccccc1I)[C@H]1C=C[C@H]2C1. The van der Waals surface area contributed by atoms with Crippen molar-refractivity contribution in [3.63, 3.8) is 0 Å². The molecule has 2 bridgehead atoms. The Kier molecular flexibility index (Phi) is 2.99. The zero-order valence-corrected chi connectivity index (χ0v) is 13.3. The lowest BCUT2D eigenvalue weighted by atomic mass is 9.85. The lowest BCUT2D eigenvalue weighted by molar-refractivity contribution is -0.140. The van der Waals surface area contributed by atoms with Crippen molar-refractivity contribution in [2.75, 3.05) is 0 Å². The first-order valence-corrected chi connectivity index (χ1v) is 8.09. The second kappa shape index (κ2) is 4.76. The van der Waals surface area contributed by atoms with E-state index < -0.39 is 0 Å². The van der Waals surface area contributed by atoms with Crippen molar-refractivity contribution in [1.82, 2.24) is 5.01 Å². The summed E-state index contributed by atoms with van der Waals surface area (Å²) in [6.07, 6.45) is 6.73. The van der Waals surface area contributed by atoms with Crippen molar-refractivity contribution in [2.24, 2.45) is 28.8 Å². The molecule has 5 heteroatoms. The third-order valence-electron chi connectivity index (χ3n) is 4.66. The number of amides is 2. The summed E-state index contributed by atoms with van der Waals surface area (Å²) in [5.41, 5.74) is 0.914. The molecule has 0 N–H and O–H groups in total. The number of fused-ring (bicyclic) bond motifs is 5. The first kappa shape index (κ1) is 13.2. The Bertz CT molecular complexity index is 667. The van der Waals surface area contributed by atoms with Gasteiger partial charge in [-0.25, -0.2) is 0 Å². The van der Waals surface area contributed by atoms with Gasteiger partial charge in [0, 0.05) is 9.13 Å². The first-order valence-electron chi connectivity index (χ1n) is 7.01. The summed E-state index contributed by atoms with van der Waals surface area (Å²) in [6.45, 7) is 0. The van der Waals surface area contributed by atoms with Crippen LogP contribution in [0.3, 0.4) is 0 Å². The van der Waals surface area contributed by atoms with E-state index in [0.717, 1.165) is 20.6 Å². The molecule has 1 aliphatic heterocycles. The fraction of sp³-hybridized carbons (Fsp3) is 0.312. The van der Waals surface area contributed by atoms with E-state index in [0.29, 0.717) is 0 Å². The molecule has 4 rings (SSSR count). The molecule has 0 spiro atoms. The number of benzene rings is 1. The number of hydrogen-bond acceptors (Lipinski definition) is 3. The average molecular weight is 392 g/mol. The minimum atomic E-state index is -0.181. The molecular weight excluding hydrogens is 379 g/mol. The van der Waals surface area contributed by atoms with Crippen LogP contribution >= 0.6 is 22.6 Å². The molecule has 1 aromatic carbocycles. The van der Waals surface area contributed by atoms with E-state index in [4.69, 9.17) is 0 Å². The number of hydrogen-bond donors (Lipinski definition) is 0. The van der Waals surface area contributed by atoms with Gasteiger partial charge >= 0.3 is 0 Å². The van der Waals surface area contributed by atoms with Crippen LogP contribution in [0.4, 0.5) is 0 Å². The number of imide groups is 1. The maximum absolute atomic E-state index is 12.4. The van der Waals surface area contributed by atoms with E-state index in [9.17, 15) is 9.59 Å². The van der Waals surface area contributed by atoms with Gasteiger partial charge in [-0.1, -0.05) is 30.4 Å². The van der Waals surface area contributed by atoms with Crippen LogP contribution in [0, 0.1) is 27.2 Å². The van der Waals surface area contributed by atoms with Gasteiger partial charge in [-0.3, -0.25) is 9.59 Å². The highest BCUT2D eigenvalue weighted by Gasteiger charge is 2.59. The summed E-state index contributed by atoms with van der Waals surface area (Å²) < 4.78 is 1.04. The zero-order chi connectivity index (χ0) is 14.6. The quantitative estimate of drug-likeness (QED) is 0.336. The molecule has 2 fully saturated rings. The fourth-order valence-electron chi connectivity index (χ4n) is 3.70. The summed E-state index contributed by atoms with van der Waals surface area (Å²) in [4.78, 5) is 24.9. The second-order valence-corrected chi connectivity index (χ2v) is 6.92. The van der Waals surface area contributed by atoms with Crippen molar-refractivity contribution in [3.8, 4) is 0 Å². The van der Waals surface area contributed by atoms with Gasteiger partial charge in [-0.2, -0.15) is 10.1 Å². The molecule has 3 aliphatic rings. The summed E-state index contributed by atoms with van der Waals surface area (Å²) in [5, 5.41) is 5.26. The molecule has 0 radical (unpaired) electrons. The van der Waals surface area contributed by atoms with Gasteiger partial charge < -0.3 is 0 Å². The topological polar surface area (TPSA) is 49.7 Å². The lowest BCUT2D eigenvalue weighted by Crippen LogP contribution is -2.28. The van der Waals surface area contributed by atoms with E-state index in [-0.39, 0.29) is 35.5 Å². The Labute approximate surface area is 136 Å². The molecule has 0 unspecified atom stereocenters. The van der Waals surface area contributed by atoms with E-state index >= 15 is 0 Å². The molecule has 1 saturated heterocycles. The van der Waals surface area contributed by atoms with Gasteiger partial charge in [0.25, 0.3) is 11.8 Å². The van der Waals surface area contributed by atoms with E-state index in [1.165, 1.54) is 0 Å². The van der Waals surface area contributed by atoms with E-state index in [1.807, 2.05) is 24.3 Å². The van der Waals surface area contributed by atoms with Crippen molar-refractivity contribution < 1.29 is 9.59 Å². The Hall–Kier alpha value is -1.50. The molecule has 4 atom stereocenters. The fourth-order valence-corrected chi connectivity index (χ4v) is 4.23. The molecule has 2 amide bonds. The standard InChI is InChI=1S/C16H13IN2O2/c17-12-4-2-1-3-11(12)8-18-19-15(20)13-9-5-6-10(7-9)14(13)16(19)21/h1-6,8-10,13-14H,7H2/b18-8-/t9-,10-,13+,14+/m0/s1. The monoisotopic (exact) mass is 392 g/mol. The number of allylic oxidation sites excluding steroid dienone is 2. The molecule has 0 aromatic heterocycles. The number of carbonyl (C=O) groups excluding carboxylic acids is 2. The Morgan fingerprint density at radius 2 is 1.71 bits per heavy atom. The van der Waals surface area contributed by atoms with Crippen LogP contribution in [0.2, 0.25) is 0 Å². The first-order chi connectivity index (χ1) is 10.2. The third-order valence-corrected chi connectivity index (χ3v) is 5.65. The van der Waals surface area contributed by atoms with Crippen molar-refractivity contribution in [2.45, 2.75) is 6.42 Å². The van der Waals surface area contributed by atoms with Crippen molar-refractivity contribution in [3.05, 3.63) is 45.6 Å². The molecule has 106 valence electrons. The summed E-state index contributed by atoms with van der Waals surface area (Å²) in [6, 6.07) is 7.74. The Morgan fingerprint density at radius 1 is 1.10 bits per heavy atom. The highest BCUT2D eigenvalue weighted by molar-refractivity contribution is 14.1. The number of nitrogens with zero attached hydrogens (tertiary/aromatic N) is 2. The van der Waals surface area contributed by atoms with Crippen LogP contribution in [-0.4, -0.2) is 23.0 Å². The molecular formula is C16H13IN2O2. The largest absolute Gasteiger partial charge is 0.272 e. The molecule has 1 aromatic rings. The number of carbonyl (C=O) groups is 2. The maximum Gasteiger partial charge on any atom is 0.254 e. The molecule has 2 aliphatic carbocycles. The Balaban J connectivity index is 1.62. The number of hydrazone groups is 1. The molecule has 1 saturated carbocycles. The highest BCUT2D eigenvalue weighted by atomic mass is 127. The average Bonchev–Trinajstić information content (AvgIpc) is 3.14. The molecule has 21 heavy (non-hydrogen) atoms. The van der Waals surface area contributed by atoms with Crippen molar-refractivity contribution >= 4 is 40.6 Å². The summed E-state index contributed by atoms with van der Waals surface area (Å²) >= 11 is 2.21. The van der Waals surface area contributed by atoms with Gasteiger partial charge in [0.05, 0.1) is 18.1 Å². The van der Waals surface area contributed by atoms with Crippen LogP contribution in [-0.2, 0) is 9.59 Å². The lowest BCUT2D eigenvalue weighted by Gasteiger charge is -2.13. The van der Waals surface area contributed by atoms with E-state index in [1.54, 1.807) is 6.21 Å². The molecule has 4 nitrogen and oxygen atoms in total. The molecule has 1 heterocycles. The normalized spacial score (nSPS) is 33.5. The second-order valence-electron chi connectivity index (χ2n) is 5.75. The number of halogens is 1. The van der Waals surface area contributed by atoms with Crippen LogP contribution in [0.15, 0.2) is 41.5 Å². The maximum atomic E-state index is 12.4. The summed E-state index contributed by atoms with van der Waals surface area (Å²) in [7, 11) is 0. The van der Waals surface area contributed by atoms with Gasteiger partial charge in [0.2, 0.25) is 0 Å². The van der Waals surface area contributed by atoms with Gasteiger partial charge in [-0.05, 0) is 46.9 Å². The van der Waals surface area contributed by atoms with Crippen molar-refractivity contribution in [1.29, 1.82) is 0 Å². The third kappa shape index (κ3) is 1.90. The van der Waals surface area contributed by atoms with E-state index in [2.05, 4.69) is 39.8 Å². The number of rotatable bonds is 2. The van der Waals surface area contributed by atoms with Crippen LogP contribution < -0.4 is 0 Å². The van der Waals surface area contributed by atoms with Crippen LogP contribution in [0.25, 0.3) is 0 Å². The van der Waals surface area contributed by atoms with Crippen LogP contribution in [0.1, 0.15) is 12.0 Å².